The van der Waals surface area contributed by atoms with E-state index >= 15 is 0 Å². The second-order valence-electron chi connectivity index (χ2n) is 6.58. The molecule has 2 rings (SSSR count). The van der Waals surface area contributed by atoms with Crippen molar-refractivity contribution in [1.29, 1.82) is 0 Å². The lowest BCUT2D eigenvalue weighted by atomic mass is 9.89. The summed E-state index contributed by atoms with van der Waals surface area (Å²) in [5.74, 6) is 1.84. The van der Waals surface area contributed by atoms with Crippen LogP contribution in [0.1, 0.15) is 76.9 Å². The number of carbonyl (C=O) groups excluding carboxylic acids is 1. The third kappa shape index (κ3) is 3.88. The van der Waals surface area contributed by atoms with Crippen molar-refractivity contribution in [3.63, 3.8) is 0 Å². The number of carbonyl (C=O) groups is 1. The second-order valence-corrected chi connectivity index (χ2v) is 6.58. The van der Waals surface area contributed by atoms with Crippen molar-refractivity contribution < 1.29 is 9.32 Å². The molecule has 0 saturated heterocycles. The van der Waals surface area contributed by atoms with Gasteiger partial charge in [-0.05, 0) is 12.8 Å². The first-order valence-electron chi connectivity index (χ1n) is 7.32. The first kappa shape index (κ1) is 14.2. The van der Waals surface area contributed by atoms with Gasteiger partial charge in [-0.3, -0.25) is 4.79 Å². The van der Waals surface area contributed by atoms with Gasteiger partial charge in [0.2, 0.25) is 5.89 Å². The van der Waals surface area contributed by atoms with E-state index < -0.39 is 0 Å². The Morgan fingerprint density at radius 2 is 1.84 bits per heavy atom. The van der Waals surface area contributed by atoms with E-state index in [0.717, 1.165) is 18.7 Å². The normalized spacial score (nSPS) is 18.3. The lowest BCUT2D eigenvalue weighted by Crippen LogP contribution is -2.22. The minimum Gasteiger partial charge on any atom is -0.339 e. The van der Waals surface area contributed by atoms with Crippen LogP contribution in [0.3, 0.4) is 0 Å². The van der Waals surface area contributed by atoms with Gasteiger partial charge in [0.15, 0.2) is 5.82 Å². The molecule has 0 aliphatic heterocycles. The van der Waals surface area contributed by atoms with Crippen LogP contribution >= 0.6 is 0 Å². The average Bonchev–Trinajstić information content (AvgIpc) is 2.62. The van der Waals surface area contributed by atoms with Crippen LogP contribution in [0.25, 0.3) is 0 Å². The number of nitrogens with zero attached hydrogens (tertiary/aromatic N) is 2. The quantitative estimate of drug-likeness (QED) is 0.782. The fraction of sp³-hybridized carbons (Fsp3) is 0.800. The van der Waals surface area contributed by atoms with Gasteiger partial charge in [-0.15, -0.1) is 0 Å². The van der Waals surface area contributed by atoms with Crippen molar-refractivity contribution in [2.75, 3.05) is 0 Å². The van der Waals surface area contributed by atoms with Gasteiger partial charge in [-0.2, -0.15) is 4.98 Å². The molecule has 0 atom stereocenters. The van der Waals surface area contributed by atoms with Gasteiger partial charge in [0, 0.05) is 11.3 Å². The van der Waals surface area contributed by atoms with Gasteiger partial charge < -0.3 is 4.52 Å². The summed E-state index contributed by atoms with van der Waals surface area (Å²) in [6.45, 7) is 5.74. The van der Waals surface area contributed by atoms with Crippen LogP contribution in [0, 0.1) is 5.41 Å². The SMILES string of the molecule is CC(C)(C)C(=O)Cc1nc(C2CCCCCC2)no1. The Hall–Kier alpha value is -1.19. The minimum absolute atomic E-state index is 0.142. The van der Waals surface area contributed by atoms with E-state index in [2.05, 4.69) is 10.1 Å². The number of aromatic nitrogens is 2. The van der Waals surface area contributed by atoms with E-state index in [1.807, 2.05) is 20.8 Å². The second kappa shape index (κ2) is 5.85. The van der Waals surface area contributed by atoms with Gasteiger partial charge in [0.05, 0.1) is 6.42 Å². The highest BCUT2D eigenvalue weighted by molar-refractivity contribution is 5.84. The highest BCUT2D eigenvalue weighted by Gasteiger charge is 2.25. The Labute approximate surface area is 115 Å². The minimum atomic E-state index is -0.350. The fourth-order valence-corrected chi connectivity index (χ4v) is 2.45. The van der Waals surface area contributed by atoms with E-state index in [1.165, 1.54) is 25.7 Å². The van der Waals surface area contributed by atoms with Gasteiger partial charge in [-0.25, -0.2) is 0 Å². The molecule has 0 amide bonds. The number of hydrogen-bond acceptors (Lipinski definition) is 4. The molecule has 4 heteroatoms. The first-order chi connectivity index (χ1) is 8.97. The summed E-state index contributed by atoms with van der Waals surface area (Å²) >= 11 is 0. The van der Waals surface area contributed by atoms with Crippen molar-refractivity contribution >= 4 is 5.78 Å². The highest BCUT2D eigenvalue weighted by atomic mass is 16.5. The Bertz CT molecular complexity index is 424. The number of Topliss-reactive ketones (excluding diaryl/α,β-unsaturated/α-hetero) is 1. The van der Waals surface area contributed by atoms with Crippen molar-refractivity contribution in [2.45, 2.75) is 71.6 Å². The molecule has 1 saturated carbocycles. The molecule has 1 heterocycles. The molecular weight excluding hydrogens is 240 g/mol. The van der Waals surface area contributed by atoms with E-state index in [4.69, 9.17) is 4.52 Å². The molecule has 106 valence electrons. The van der Waals surface area contributed by atoms with Crippen LogP contribution in [0.15, 0.2) is 4.52 Å². The molecule has 0 radical (unpaired) electrons. The predicted molar refractivity (Wildman–Crippen MR) is 72.9 cm³/mol. The monoisotopic (exact) mass is 264 g/mol. The average molecular weight is 264 g/mol. The zero-order chi connectivity index (χ0) is 13.9. The molecular formula is C15H24N2O2. The molecule has 1 aromatic rings. The summed E-state index contributed by atoms with van der Waals surface area (Å²) in [4.78, 5) is 16.4. The maximum atomic E-state index is 11.9. The molecule has 0 aromatic carbocycles. The zero-order valence-corrected chi connectivity index (χ0v) is 12.2. The summed E-state index contributed by atoms with van der Waals surface area (Å²) < 4.78 is 5.24. The van der Waals surface area contributed by atoms with E-state index in [9.17, 15) is 4.79 Å². The molecule has 4 nitrogen and oxygen atoms in total. The Balaban J connectivity index is 2.00. The predicted octanol–water partition coefficient (Wildman–Crippen LogP) is 3.67. The maximum absolute atomic E-state index is 11.9. The fourth-order valence-electron chi connectivity index (χ4n) is 2.45. The Morgan fingerprint density at radius 3 is 2.42 bits per heavy atom. The van der Waals surface area contributed by atoms with Crippen molar-refractivity contribution in [2.24, 2.45) is 5.41 Å². The lowest BCUT2D eigenvalue weighted by molar-refractivity contribution is -0.125. The molecule has 0 bridgehead atoms. The summed E-state index contributed by atoms with van der Waals surface area (Å²) in [7, 11) is 0. The molecule has 19 heavy (non-hydrogen) atoms. The summed E-state index contributed by atoms with van der Waals surface area (Å²) in [6, 6.07) is 0. The first-order valence-corrected chi connectivity index (χ1v) is 7.32. The Morgan fingerprint density at radius 1 is 1.21 bits per heavy atom. The van der Waals surface area contributed by atoms with E-state index in [0.29, 0.717) is 11.8 Å². The molecule has 0 spiro atoms. The van der Waals surface area contributed by atoms with Gasteiger partial charge in [0.1, 0.15) is 5.78 Å². The standard InChI is InChI=1S/C15H24N2O2/c1-15(2,3)12(18)10-13-16-14(17-19-13)11-8-6-4-5-7-9-11/h11H,4-10H2,1-3H3. The smallest absolute Gasteiger partial charge is 0.234 e. The van der Waals surface area contributed by atoms with Crippen molar-refractivity contribution in [1.82, 2.24) is 10.1 Å². The third-order valence-electron chi connectivity index (χ3n) is 3.85. The lowest BCUT2D eigenvalue weighted by Gasteiger charge is -2.14. The third-order valence-corrected chi connectivity index (χ3v) is 3.85. The number of hydrogen-bond donors (Lipinski definition) is 0. The van der Waals surface area contributed by atoms with Crippen molar-refractivity contribution in [3.05, 3.63) is 11.7 Å². The molecule has 0 N–H and O–H groups in total. The summed E-state index contributed by atoms with van der Waals surface area (Å²) in [6.07, 6.45) is 7.65. The van der Waals surface area contributed by atoms with Crippen molar-refractivity contribution in [3.8, 4) is 0 Å². The molecule has 0 unspecified atom stereocenters. The van der Waals surface area contributed by atoms with Crippen LogP contribution in [0.4, 0.5) is 0 Å². The summed E-state index contributed by atoms with van der Waals surface area (Å²) in [5.41, 5.74) is -0.350. The van der Waals surface area contributed by atoms with E-state index in [-0.39, 0.29) is 17.6 Å². The molecule has 1 fully saturated rings. The highest BCUT2D eigenvalue weighted by Crippen LogP contribution is 2.30. The number of ketones is 1. The van der Waals surface area contributed by atoms with Gasteiger partial charge >= 0.3 is 0 Å². The van der Waals surface area contributed by atoms with Gasteiger partial charge in [-0.1, -0.05) is 51.6 Å². The molecule has 1 aliphatic carbocycles. The van der Waals surface area contributed by atoms with Crippen LogP contribution in [-0.2, 0) is 11.2 Å². The molecule has 1 aliphatic rings. The largest absolute Gasteiger partial charge is 0.339 e. The number of rotatable bonds is 3. The Kier molecular flexibility index (Phi) is 4.38. The zero-order valence-electron chi connectivity index (χ0n) is 12.2. The van der Waals surface area contributed by atoms with Crippen LogP contribution in [0.2, 0.25) is 0 Å². The molecule has 1 aromatic heterocycles. The van der Waals surface area contributed by atoms with Crippen LogP contribution in [0.5, 0.6) is 0 Å². The maximum Gasteiger partial charge on any atom is 0.234 e. The topological polar surface area (TPSA) is 56.0 Å². The van der Waals surface area contributed by atoms with Crippen LogP contribution in [-0.4, -0.2) is 15.9 Å². The van der Waals surface area contributed by atoms with E-state index in [1.54, 1.807) is 0 Å². The summed E-state index contributed by atoms with van der Waals surface area (Å²) in [5, 5.41) is 4.08. The van der Waals surface area contributed by atoms with Crippen LogP contribution < -0.4 is 0 Å². The van der Waals surface area contributed by atoms with Gasteiger partial charge in [0.25, 0.3) is 0 Å².